The van der Waals surface area contributed by atoms with Gasteiger partial charge < -0.3 is 10.6 Å². The first-order chi connectivity index (χ1) is 9.08. The number of halogens is 1. The first kappa shape index (κ1) is 13.0. The highest BCUT2D eigenvalue weighted by Gasteiger charge is 2.07. The van der Waals surface area contributed by atoms with Crippen molar-refractivity contribution in [2.45, 2.75) is 6.54 Å². The maximum absolute atomic E-state index is 13.5. The lowest BCUT2D eigenvalue weighted by atomic mass is 10.2. The third-order valence-corrected chi connectivity index (χ3v) is 2.83. The molecule has 98 valence electrons. The van der Waals surface area contributed by atoms with E-state index in [2.05, 4.69) is 4.98 Å². The van der Waals surface area contributed by atoms with Crippen molar-refractivity contribution in [1.82, 2.24) is 4.98 Å². The molecular weight excluding hydrogens is 243 g/mol. The van der Waals surface area contributed by atoms with Gasteiger partial charge in [-0.15, -0.1) is 0 Å². The number of nitrogens with one attached hydrogen (secondary N) is 1. The van der Waals surface area contributed by atoms with Gasteiger partial charge >= 0.3 is 0 Å². The van der Waals surface area contributed by atoms with E-state index < -0.39 is 0 Å². The first-order valence-electron chi connectivity index (χ1n) is 5.83. The molecular formula is C14H15FN4. The van der Waals surface area contributed by atoms with E-state index in [1.807, 2.05) is 24.1 Å². The molecule has 19 heavy (non-hydrogen) atoms. The number of nitrogens with zero attached hydrogens (tertiary/aromatic N) is 2. The predicted molar refractivity (Wildman–Crippen MR) is 73.8 cm³/mol. The summed E-state index contributed by atoms with van der Waals surface area (Å²) < 4.78 is 13.5. The number of hydrogen-bond donors (Lipinski definition) is 2. The van der Waals surface area contributed by atoms with Crippen molar-refractivity contribution >= 4 is 11.5 Å². The van der Waals surface area contributed by atoms with Crippen molar-refractivity contribution in [3.63, 3.8) is 0 Å². The summed E-state index contributed by atoms with van der Waals surface area (Å²) in [6.45, 7) is 0.452. The number of rotatable bonds is 4. The van der Waals surface area contributed by atoms with E-state index in [1.165, 1.54) is 6.07 Å². The fraction of sp³-hybridized carbons (Fsp3) is 0.143. The van der Waals surface area contributed by atoms with Gasteiger partial charge in [0.25, 0.3) is 0 Å². The van der Waals surface area contributed by atoms with Crippen LogP contribution in [0.4, 0.5) is 10.1 Å². The number of nitrogens with two attached hydrogens (primary N) is 1. The molecule has 0 bridgehead atoms. The number of pyridine rings is 1. The van der Waals surface area contributed by atoms with Gasteiger partial charge in [-0.05, 0) is 18.2 Å². The summed E-state index contributed by atoms with van der Waals surface area (Å²) >= 11 is 0. The Morgan fingerprint density at radius 2 is 2.05 bits per heavy atom. The fourth-order valence-corrected chi connectivity index (χ4v) is 1.74. The van der Waals surface area contributed by atoms with Crippen LogP contribution >= 0.6 is 0 Å². The van der Waals surface area contributed by atoms with E-state index >= 15 is 0 Å². The minimum atomic E-state index is -0.220. The molecule has 0 atom stereocenters. The number of hydrogen-bond acceptors (Lipinski definition) is 3. The lowest BCUT2D eigenvalue weighted by molar-refractivity contribution is 0.608. The molecule has 5 heteroatoms. The van der Waals surface area contributed by atoms with Crippen LogP contribution < -0.4 is 10.6 Å². The smallest absolute Gasteiger partial charge is 0.141 e. The molecule has 3 N–H and O–H groups in total. The maximum atomic E-state index is 13.5. The highest BCUT2D eigenvalue weighted by atomic mass is 19.1. The zero-order chi connectivity index (χ0) is 13.8. The Kier molecular flexibility index (Phi) is 3.75. The molecule has 4 nitrogen and oxygen atoms in total. The Labute approximate surface area is 111 Å². The summed E-state index contributed by atoms with van der Waals surface area (Å²) in [7, 11) is 1.86. The first-order valence-corrected chi connectivity index (χ1v) is 5.83. The van der Waals surface area contributed by atoms with Gasteiger partial charge in [0.2, 0.25) is 0 Å². The van der Waals surface area contributed by atoms with E-state index in [9.17, 15) is 4.39 Å². The highest BCUT2D eigenvalue weighted by Crippen LogP contribution is 2.16. The second-order valence-corrected chi connectivity index (χ2v) is 4.26. The van der Waals surface area contributed by atoms with Crippen molar-refractivity contribution in [3.05, 3.63) is 59.7 Å². The third-order valence-electron chi connectivity index (χ3n) is 2.83. The van der Waals surface area contributed by atoms with Crippen LogP contribution in [0.1, 0.15) is 11.3 Å². The van der Waals surface area contributed by atoms with Crippen molar-refractivity contribution in [1.29, 1.82) is 5.41 Å². The molecule has 2 aromatic rings. The Bertz CT molecular complexity index is 580. The Balaban J connectivity index is 2.14. The van der Waals surface area contributed by atoms with Gasteiger partial charge in [0.05, 0.1) is 11.9 Å². The summed E-state index contributed by atoms with van der Waals surface area (Å²) in [6, 6.07) is 10.2. The molecule has 0 fully saturated rings. The second kappa shape index (κ2) is 5.48. The minimum absolute atomic E-state index is 0.0664. The van der Waals surface area contributed by atoms with Crippen LogP contribution in [-0.2, 0) is 6.54 Å². The molecule has 0 aliphatic rings. The van der Waals surface area contributed by atoms with Crippen molar-refractivity contribution in [2.24, 2.45) is 5.73 Å². The van der Waals surface area contributed by atoms with Gasteiger partial charge in [-0.3, -0.25) is 10.4 Å². The van der Waals surface area contributed by atoms with E-state index in [0.29, 0.717) is 17.8 Å². The average Bonchev–Trinajstić information content (AvgIpc) is 2.41. The summed E-state index contributed by atoms with van der Waals surface area (Å²) in [5.74, 6) is -0.286. The van der Waals surface area contributed by atoms with Gasteiger partial charge in [-0.25, -0.2) is 4.39 Å². The molecule has 0 spiro atoms. The van der Waals surface area contributed by atoms with Gasteiger partial charge in [-0.1, -0.05) is 18.2 Å². The molecule has 2 rings (SSSR count). The topological polar surface area (TPSA) is 66.0 Å². The largest absolute Gasteiger partial charge is 0.382 e. The Hall–Kier alpha value is -2.43. The van der Waals surface area contributed by atoms with Crippen molar-refractivity contribution in [3.8, 4) is 0 Å². The third kappa shape index (κ3) is 3.07. The number of anilines is 1. The SMILES string of the molecule is CN(Cc1ccccc1F)c1ccc(C(=N)N)nc1. The summed E-state index contributed by atoms with van der Waals surface area (Å²) in [6.07, 6.45) is 1.62. The molecule has 1 aromatic carbocycles. The normalized spacial score (nSPS) is 10.2. The van der Waals surface area contributed by atoms with Crippen LogP contribution in [0.5, 0.6) is 0 Å². The summed E-state index contributed by atoms with van der Waals surface area (Å²) in [5.41, 5.74) is 7.24. The van der Waals surface area contributed by atoms with Crippen LogP contribution in [0, 0.1) is 11.2 Å². The molecule has 0 saturated heterocycles. The van der Waals surface area contributed by atoms with E-state index in [4.69, 9.17) is 11.1 Å². The van der Waals surface area contributed by atoms with Gasteiger partial charge in [0.15, 0.2) is 0 Å². The zero-order valence-corrected chi connectivity index (χ0v) is 10.6. The molecule has 0 radical (unpaired) electrons. The number of benzene rings is 1. The predicted octanol–water partition coefficient (Wildman–Crippen LogP) is 2.14. The molecule has 0 amide bonds. The van der Waals surface area contributed by atoms with Crippen LogP contribution in [0.3, 0.4) is 0 Å². The quantitative estimate of drug-likeness (QED) is 0.652. The van der Waals surface area contributed by atoms with Crippen molar-refractivity contribution < 1.29 is 4.39 Å². The molecule has 0 aliphatic heterocycles. The maximum Gasteiger partial charge on any atom is 0.141 e. The van der Waals surface area contributed by atoms with Gasteiger partial charge in [0, 0.05) is 19.2 Å². The van der Waals surface area contributed by atoms with Crippen LogP contribution in [-0.4, -0.2) is 17.9 Å². The van der Waals surface area contributed by atoms with E-state index in [-0.39, 0.29) is 11.7 Å². The van der Waals surface area contributed by atoms with Crippen LogP contribution in [0.2, 0.25) is 0 Å². The average molecular weight is 258 g/mol. The molecule has 0 aliphatic carbocycles. The molecule has 0 unspecified atom stereocenters. The summed E-state index contributed by atoms with van der Waals surface area (Å²) in [5, 5.41) is 7.27. The minimum Gasteiger partial charge on any atom is -0.382 e. The standard InChI is InChI=1S/C14H15FN4/c1-19(9-10-4-2-3-5-12(10)15)11-6-7-13(14(16)17)18-8-11/h2-8H,9H2,1H3,(H3,16,17). The Morgan fingerprint density at radius 3 is 2.63 bits per heavy atom. The van der Waals surface area contributed by atoms with Gasteiger partial charge in [-0.2, -0.15) is 0 Å². The number of nitrogen functional groups attached to an aromatic ring is 1. The molecule has 1 heterocycles. The highest BCUT2D eigenvalue weighted by molar-refractivity contribution is 5.93. The fourth-order valence-electron chi connectivity index (χ4n) is 1.74. The van der Waals surface area contributed by atoms with Gasteiger partial charge in [0.1, 0.15) is 17.3 Å². The second-order valence-electron chi connectivity index (χ2n) is 4.26. The van der Waals surface area contributed by atoms with E-state index in [0.717, 1.165) is 5.69 Å². The molecule has 1 aromatic heterocycles. The van der Waals surface area contributed by atoms with E-state index in [1.54, 1.807) is 24.4 Å². The number of amidine groups is 1. The Morgan fingerprint density at radius 1 is 1.32 bits per heavy atom. The zero-order valence-electron chi connectivity index (χ0n) is 10.6. The van der Waals surface area contributed by atoms with Crippen molar-refractivity contribution in [2.75, 3.05) is 11.9 Å². The lowest BCUT2D eigenvalue weighted by Gasteiger charge is -2.19. The van der Waals surface area contributed by atoms with Crippen LogP contribution in [0.15, 0.2) is 42.6 Å². The monoisotopic (exact) mass is 258 g/mol. The number of aromatic nitrogens is 1. The van der Waals surface area contributed by atoms with Crippen LogP contribution in [0.25, 0.3) is 0 Å². The lowest BCUT2D eigenvalue weighted by Crippen LogP contribution is -2.18. The summed E-state index contributed by atoms with van der Waals surface area (Å²) in [4.78, 5) is 5.96. The molecule has 0 saturated carbocycles.